The number of carboxylic acid groups (broad SMARTS) is 1. The van der Waals surface area contributed by atoms with Crippen molar-refractivity contribution >= 4 is 33.7 Å². The highest BCUT2D eigenvalue weighted by molar-refractivity contribution is 6.20. The molecule has 40 heavy (non-hydrogen) atoms. The number of carbonyl (C=O) groups is 2. The number of aromatic nitrogens is 1. The molecule has 1 heterocycles. The highest BCUT2D eigenvalue weighted by Gasteiger charge is 2.21. The van der Waals surface area contributed by atoms with Crippen LogP contribution in [-0.4, -0.2) is 28.2 Å². The number of aliphatic carboxylic acids is 1. The number of primary amides is 1. The zero-order valence-electron chi connectivity index (χ0n) is 22.4. The molecule has 0 aliphatic heterocycles. The first kappa shape index (κ1) is 26.8. The van der Waals surface area contributed by atoms with Crippen molar-refractivity contribution in [3.63, 3.8) is 0 Å². The standard InChI is InChI=1S/C33H32N2O5/c1-2-3-5-10-22-18-28-32(29(19-22)39-21-30(36)37)31-26(33(34)38)15-9-16-27(31)35(28)20-23-11-8-14-25(17-23)40-24-12-6-4-7-13-24/h4,6-9,11-19H,2-3,5,10,20-21H2,1H3,(H2,34,38)(H,36,37). The van der Waals surface area contributed by atoms with Crippen molar-refractivity contribution in [1.29, 1.82) is 0 Å². The largest absolute Gasteiger partial charge is 0.481 e. The van der Waals surface area contributed by atoms with Crippen molar-refractivity contribution in [3.05, 3.63) is 102 Å². The number of amides is 1. The van der Waals surface area contributed by atoms with E-state index in [1.807, 2.05) is 72.8 Å². The quantitative estimate of drug-likeness (QED) is 0.168. The van der Waals surface area contributed by atoms with Crippen molar-refractivity contribution in [2.24, 2.45) is 5.73 Å². The molecule has 7 heteroatoms. The summed E-state index contributed by atoms with van der Waals surface area (Å²) < 4.78 is 14.0. The summed E-state index contributed by atoms with van der Waals surface area (Å²) >= 11 is 0. The van der Waals surface area contributed by atoms with Crippen LogP contribution in [-0.2, 0) is 17.8 Å². The Kier molecular flexibility index (Phi) is 8.01. The second-order valence-corrected chi connectivity index (χ2v) is 9.84. The number of benzene rings is 4. The fourth-order valence-corrected chi connectivity index (χ4v) is 5.14. The van der Waals surface area contributed by atoms with Gasteiger partial charge >= 0.3 is 5.97 Å². The maximum absolute atomic E-state index is 12.5. The van der Waals surface area contributed by atoms with Gasteiger partial charge in [-0.05, 0) is 72.5 Å². The van der Waals surface area contributed by atoms with Crippen LogP contribution in [0.5, 0.6) is 17.2 Å². The van der Waals surface area contributed by atoms with E-state index in [2.05, 4.69) is 17.6 Å². The number of hydrogen-bond donors (Lipinski definition) is 2. The van der Waals surface area contributed by atoms with E-state index < -0.39 is 18.5 Å². The fourth-order valence-electron chi connectivity index (χ4n) is 5.14. The molecule has 5 aromatic rings. The number of ether oxygens (including phenoxy) is 2. The van der Waals surface area contributed by atoms with Gasteiger partial charge in [0.15, 0.2) is 6.61 Å². The second-order valence-electron chi connectivity index (χ2n) is 9.84. The van der Waals surface area contributed by atoms with E-state index >= 15 is 0 Å². The SMILES string of the molecule is CCCCCc1cc(OCC(=O)O)c2c3c(C(N)=O)cccc3n(Cc3cccc(Oc4ccccc4)c3)c2c1. The lowest BCUT2D eigenvalue weighted by atomic mass is 10.0. The van der Waals surface area contributed by atoms with Crippen LogP contribution in [0.4, 0.5) is 0 Å². The molecule has 4 aromatic carbocycles. The van der Waals surface area contributed by atoms with Crippen LogP contribution >= 0.6 is 0 Å². The van der Waals surface area contributed by atoms with Gasteiger partial charge in [0.25, 0.3) is 0 Å². The normalized spacial score (nSPS) is 11.1. The van der Waals surface area contributed by atoms with Gasteiger partial charge in [0.2, 0.25) is 5.91 Å². The first-order valence-corrected chi connectivity index (χ1v) is 13.5. The van der Waals surface area contributed by atoms with Crippen LogP contribution in [0.2, 0.25) is 0 Å². The van der Waals surface area contributed by atoms with Crippen LogP contribution in [0, 0.1) is 0 Å². The zero-order chi connectivity index (χ0) is 28.1. The summed E-state index contributed by atoms with van der Waals surface area (Å²) in [5, 5.41) is 10.7. The van der Waals surface area contributed by atoms with Crippen LogP contribution in [0.15, 0.2) is 84.9 Å². The molecule has 0 bridgehead atoms. The van der Waals surface area contributed by atoms with Crippen molar-refractivity contribution in [1.82, 2.24) is 4.57 Å². The number of nitrogens with two attached hydrogens (primary N) is 1. The molecule has 3 N–H and O–H groups in total. The van der Waals surface area contributed by atoms with Gasteiger partial charge < -0.3 is 24.9 Å². The first-order chi connectivity index (χ1) is 19.4. The van der Waals surface area contributed by atoms with Crippen LogP contribution in [0.1, 0.15) is 47.7 Å². The predicted octanol–water partition coefficient (Wildman–Crippen LogP) is 6.93. The number of fused-ring (bicyclic) bond motifs is 3. The molecule has 0 aliphatic rings. The van der Waals surface area contributed by atoms with Crippen molar-refractivity contribution in [2.45, 2.75) is 39.2 Å². The lowest BCUT2D eigenvalue weighted by Gasteiger charge is -2.13. The Morgan fingerprint density at radius 3 is 2.35 bits per heavy atom. The highest BCUT2D eigenvalue weighted by Crippen LogP contribution is 2.39. The molecule has 0 aliphatic carbocycles. The number of para-hydroxylation sites is 1. The number of rotatable bonds is 12. The smallest absolute Gasteiger partial charge is 0.341 e. The van der Waals surface area contributed by atoms with Gasteiger partial charge in [0.05, 0.1) is 16.4 Å². The minimum absolute atomic E-state index is 0.362. The lowest BCUT2D eigenvalue weighted by molar-refractivity contribution is -0.139. The monoisotopic (exact) mass is 536 g/mol. The van der Waals surface area contributed by atoms with Crippen LogP contribution in [0.25, 0.3) is 21.8 Å². The fraction of sp³-hybridized carbons (Fsp3) is 0.212. The summed E-state index contributed by atoms with van der Waals surface area (Å²) in [6.07, 6.45) is 4.02. The Hall–Kier alpha value is -4.78. The Balaban J connectivity index is 1.67. The van der Waals surface area contributed by atoms with Crippen molar-refractivity contribution < 1.29 is 24.2 Å². The van der Waals surface area contributed by atoms with Gasteiger partial charge in [-0.1, -0.05) is 56.2 Å². The summed E-state index contributed by atoms with van der Waals surface area (Å²) in [7, 11) is 0. The molecule has 0 radical (unpaired) electrons. The summed E-state index contributed by atoms with van der Waals surface area (Å²) in [6.45, 7) is 2.16. The van der Waals surface area contributed by atoms with Gasteiger partial charge in [0, 0.05) is 17.5 Å². The predicted molar refractivity (Wildman–Crippen MR) is 156 cm³/mol. The molecular formula is C33H32N2O5. The van der Waals surface area contributed by atoms with E-state index in [-0.39, 0.29) is 0 Å². The van der Waals surface area contributed by atoms with E-state index in [4.69, 9.17) is 15.2 Å². The molecule has 0 saturated carbocycles. The Morgan fingerprint density at radius 2 is 1.60 bits per heavy atom. The number of unbranched alkanes of at least 4 members (excludes halogenated alkanes) is 2. The van der Waals surface area contributed by atoms with Gasteiger partial charge in [0.1, 0.15) is 17.2 Å². The van der Waals surface area contributed by atoms with E-state index in [0.717, 1.165) is 53.6 Å². The molecule has 204 valence electrons. The molecule has 1 aromatic heterocycles. The lowest BCUT2D eigenvalue weighted by Crippen LogP contribution is -2.12. The van der Waals surface area contributed by atoms with Crippen LogP contribution < -0.4 is 15.2 Å². The molecule has 0 spiro atoms. The van der Waals surface area contributed by atoms with E-state index in [1.54, 1.807) is 6.07 Å². The first-order valence-electron chi connectivity index (χ1n) is 13.5. The number of aryl methyl sites for hydroxylation is 1. The molecule has 1 amide bonds. The Bertz CT molecular complexity index is 1670. The number of carboxylic acids is 1. The number of nitrogens with zero attached hydrogens (tertiary/aromatic N) is 1. The van der Waals surface area contributed by atoms with E-state index in [9.17, 15) is 14.7 Å². The van der Waals surface area contributed by atoms with Gasteiger partial charge in [-0.25, -0.2) is 4.79 Å². The maximum Gasteiger partial charge on any atom is 0.341 e. The van der Waals surface area contributed by atoms with Gasteiger partial charge in [-0.15, -0.1) is 0 Å². The molecular weight excluding hydrogens is 504 g/mol. The zero-order valence-corrected chi connectivity index (χ0v) is 22.4. The van der Waals surface area contributed by atoms with Crippen molar-refractivity contribution in [2.75, 3.05) is 6.61 Å². The van der Waals surface area contributed by atoms with E-state index in [0.29, 0.717) is 34.4 Å². The average molecular weight is 537 g/mol. The third kappa shape index (κ3) is 5.78. The second kappa shape index (κ2) is 11.9. The highest BCUT2D eigenvalue weighted by atomic mass is 16.5. The summed E-state index contributed by atoms with van der Waals surface area (Å²) in [5.74, 6) is 0.273. The topological polar surface area (TPSA) is 104 Å². The van der Waals surface area contributed by atoms with Crippen LogP contribution in [0.3, 0.4) is 0 Å². The minimum Gasteiger partial charge on any atom is -0.481 e. The minimum atomic E-state index is -1.07. The molecule has 5 rings (SSSR count). The van der Waals surface area contributed by atoms with Gasteiger partial charge in [-0.3, -0.25) is 4.79 Å². The third-order valence-electron chi connectivity index (χ3n) is 6.92. The molecule has 7 nitrogen and oxygen atoms in total. The maximum atomic E-state index is 12.5. The number of hydrogen-bond acceptors (Lipinski definition) is 4. The number of carbonyl (C=O) groups excluding carboxylic acids is 1. The summed E-state index contributed by atoms with van der Waals surface area (Å²) in [4.78, 5) is 24.0. The summed E-state index contributed by atoms with van der Waals surface area (Å²) in [6, 6.07) is 27.0. The Labute approximate surface area is 232 Å². The van der Waals surface area contributed by atoms with Crippen molar-refractivity contribution in [3.8, 4) is 17.2 Å². The average Bonchev–Trinajstić information content (AvgIpc) is 3.26. The molecule has 0 unspecified atom stereocenters. The van der Waals surface area contributed by atoms with Gasteiger partial charge in [-0.2, -0.15) is 0 Å². The third-order valence-corrected chi connectivity index (χ3v) is 6.92. The van der Waals surface area contributed by atoms with E-state index in [1.165, 1.54) is 0 Å². The molecule has 0 saturated heterocycles. The Morgan fingerprint density at radius 1 is 0.825 bits per heavy atom. The molecule has 0 fully saturated rings. The summed E-state index contributed by atoms with van der Waals surface area (Å²) in [5.41, 5.74) is 9.89. The molecule has 0 atom stereocenters.